The van der Waals surface area contributed by atoms with E-state index in [0.717, 1.165) is 18.2 Å². The second-order valence-corrected chi connectivity index (χ2v) is 9.51. The summed E-state index contributed by atoms with van der Waals surface area (Å²) in [6.07, 6.45) is -1.79. The third-order valence-electron chi connectivity index (χ3n) is 6.65. The standard InChI is InChI=1S/C26H25F3N6O4/c1-15-4-9-21(30-11-15)35-22(26(27,28)29)19(12-31-35)24-32-23(33-39-24)17-7-5-16(6-8-17)20(36)14-34-10-2-3-18(13-34)25(37)38/h4-9,11-12,18,20,36H,2-3,10,13-14H2,1H3,(H,37,38). The van der Waals surface area contributed by atoms with Gasteiger partial charge in [-0.25, -0.2) is 9.67 Å². The fourth-order valence-electron chi connectivity index (χ4n) is 4.61. The third-order valence-corrected chi connectivity index (χ3v) is 6.65. The van der Waals surface area contributed by atoms with Crippen molar-refractivity contribution in [2.45, 2.75) is 32.0 Å². The van der Waals surface area contributed by atoms with Crippen molar-refractivity contribution in [3.05, 3.63) is 65.6 Å². The topological polar surface area (TPSA) is 130 Å². The first-order valence-corrected chi connectivity index (χ1v) is 12.3. The van der Waals surface area contributed by atoms with Crippen LogP contribution in [0.4, 0.5) is 13.2 Å². The summed E-state index contributed by atoms with van der Waals surface area (Å²) in [5.41, 5.74) is 0.405. The summed E-state index contributed by atoms with van der Waals surface area (Å²) in [7, 11) is 0. The van der Waals surface area contributed by atoms with Gasteiger partial charge in [0.05, 0.1) is 23.8 Å². The average Bonchev–Trinajstić information content (AvgIpc) is 3.57. The maximum absolute atomic E-state index is 14.0. The molecule has 2 atom stereocenters. The number of nitrogens with zero attached hydrogens (tertiary/aromatic N) is 6. The van der Waals surface area contributed by atoms with Crippen LogP contribution < -0.4 is 0 Å². The minimum atomic E-state index is -4.77. The first kappa shape index (κ1) is 26.5. The van der Waals surface area contributed by atoms with Crippen LogP contribution in [-0.2, 0) is 11.0 Å². The van der Waals surface area contributed by atoms with Crippen molar-refractivity contribution in [3.63, 3.8) is 0 Å². The highest BCUT2D eigenvalue weighted by atomic mass is 19.4. The number of piperidine rings is 1. The highest BCUT2D eigenvalue weighted by Crippen LogP contribution is 2.38. The van der Waals surface area contributed by atoms with E-state index >= 15 is 0 Å². The molecule has 13 heteroatoms. The second-order valence-electron chi connectivity index (χ2n) is 9.51. The van der Waals surface area contributed by atoms with Gasteiger partial charge in [0, 0.05) is 24.8 Å². The third kappa shape index (κ3) is 5.68. The number of aliphatic hydroxyl groups is 1. The number of hydrogen-bond acceptors (Lipinski definition) is 8. The summed E-state index contributed by atoms with van der Waals surface area (Å²) in [5.74, 6) is -1.56. The Morgan fingerprint density at radius 1 is 1.18 bits per heavy atom. The molecule has 4 aromatic rings. The van der Waals surface area contributed by atoms with Gasteiger partial charge < -0.3 is 14.7 Å². The lowest BCUT2D eigenvalue weighted by molar-refractivity contribution is -0.144. The molecule has 0 bridgehead atoms. The second kappa shape index (κ2) is 10.6. The summed E-state index contributed by atoms with van der Waals surface area (Å²) >= 11 is 0. The smallest absolute Gasteiger partial charge is 0.434 e. The normalized spacial score (nSPS) is 17.3. The molecule has 1 aromatic carbocycles. The zero-order chi connectivity index (χ0) is 27.7. The Labute approximate surface area is 220 Å². The molecule has 2 unspecified atom stereocenters. The molecule has 39 heavy (non-hydrogen) atoms. The number of carboxylic acid groups (broad SMARTS) is 1. The molecule has 5 rings (SSSR count). The summed E-state index contributed by atoms with van der Waals surface area (Å²) in [4.78, 5) is 21.4. The Bertz CT molecular complexity index is 1450. The fourth-order valence-corrected chi connectivity index (χ4v) is 4.61. The van der Waals surface area contributed by atoms with E-state index in [4.69, 9.17) is 4.52 Å². The van der Waals surface area contributed by atoms with Gasteiger partial charge >= 0.3 is 12.1 Å². The van der Waals surface area contributed by atoms with Crippen molar-refractivity contribution < 1.29 is 32.7 Å². The van der Waals surface area contributed by atoms with E-state index in [1.54, 1.807) is 37.3 Å². The number of aryl methyl sites for hydroxylation is 1. The number of carboxylic acids is 1. The molecule has 0 radical (unpaired) electrons. The van der Waals surface area contributed by atoms with Gasteiger partial charge in [0.2, 0.25) is 5.82 Å². The fraction of sp³-hybridized carbons (Fsp3) is 0.346. The number of pyridine rings is 1. The number of benzene rings is 1. The van der Waals surface area contributed by atoms with E-state index in [2.05, 4.69) is 20.2 Å². The van der Waals surface area contributed by atoms with E-state index < -0.39 is 29.9 Å². The Hall–Kier alpha value is -4.10. The summed E-state index contributed by atoms with van der Waals surface area (Å²) < 4.78 is 48.0. The van der Waals surface area contributed by atoms with Crippen LogP contribution in [0, 0.1) is 12.8 Å². The number of aliphatic hydroxyl groups excluding tert-OH is 1. The lowest BCUT2D eigenvalue weighted by Crippen LogP contribution is -2.40. The number of aromatic nitrogens is 5. The van der Waals surface area contributed by atoms with Crippen molar-refractivity contribution in [2.24, 2.45) is 5.92 Å². The molecule has 1 saturated heterocycles. The molecule has 0 saturated carbocycles. The minimum Gasteiger partial charge on any atom is -0.481 e. The van der Waals surface area contributed by atoms with Crippen molar-refractivity contribution in [1.82, 2.24) is 29.8 Å². The molecule has 1 fully saturated rings. The molecular formula is C26H25F3N6O4. The number of rotatable bonds is 7. The SMILES string of the molecule is Cc1ccc(-n2ncc(-c3nc(-c4ccc(C(O)CN5CCCC(C(=O)O)C5)cc4)no3)c2C(F)(F)F)nc1. The van der Waals surface area contributed by atoms with Gasteiger partial charge in [-0.05, 0) is 43.5 Å². The molecule has 0 spiro atoms. The van der Waals surface area contributed by atoms with Crippen molar-refractivity contribution >= 4 is 5.97 Å². The zero-order valence-electron chi connectivity index (χ0n) is 20.8. The minimum absolute atomic E-state index is 0.00362. The summed E-state index contributed by atoms with van der Waals surface area (Å²) in [5, 5.41) is 27.7. The first-order chi connectivity index (χ1) is 18.6. The van der Waals surface area contributed by atoms with E-state index in [9.17, 15) is 28.2 Å². The number of likely N-dealkylation sites (tertiary alicyclic amines) is 1. The van der Waals surface area contributed by atoms with E-state index in [1.807, 2.05) is 4.90 Å². The van der Waals surface area contributed by atoms with Gasteiger partial charge in [-0.15, -0.1) is 0 Å². The maximum atomic E-state index is 14.0. The van der Waals surface area contributed by atoms with E-state index in [0.29, 0.717) is 35.3 Å². The average molecular weight is 543 g/mol. The Kier molecular flexibility index (Phi) is 7.19. The lowest BCUT2D eigenvalue weighted by atomic mass is 9.97. The Balaban J connectivity index is 1.34. The van der Waals surface area contributed by atoms with Gasteiger partial charge in [-0.1, -0.05) is 35.5 Å². The van der Waals surface area contributed by atoms with Crippen LogP contribution in [0.2, 0.25) is 0 Å². The summed E-state index contributed by atoms with van der Waals surface area (Å²) in [6.45, 7) is 3.15. The number of alkyl halides is 3. The maximum Gasteiger partial charge on any atom is 0.434 e. The molecule has 4 heterocycles. The highest BCUT2D eigenvalue weighted by molar-refractivity contribution is 5.70. The quantitative estimate of drug-likeness (QED) is 0.354. The predicted molar refractivity (Wildman–Crippen MR) is 132 cm³/mol. The molecular weight excluding hydrogens is 517 g/mol. The van der Waals surface area contributed by atoms with Gasteiger partial charge in [0.25, 0.3) is 5.89 Å². The van der Waals surface area contributed by atoms with Crippen LogP contribution in [0.25, 0.3) is 28.7 Å². The number of β-amino-alcohol motifs (C(OH)–C–C–N with tert-alkyl or cyclic N) is 1. The van der Waals surface area contributed by atoms with Gasteiger partial charge in [-0.3, -0.25) is 9.69 Å². The molecule has 1 aliphatic rings. The van der Waals surface area contributed by atoms with Crippen LogP contribution in [0.5, 0.6) is 0 Å². The summed E-state index contributed by atoms with van der Waals surface area (Å²) in [6, 6.07) is 9.66. The zero-order valence-corrected chi connectivity index (χ0v) is 20.8. The Morgan fingerprint density at radius 2 is 1.95 bits per heavy atom. The first-order valence-electron chi connectivity index (χ1n) is 12.3. The van der Waals surface area contributed by atoms with Crippen LogP contribution in [0.3, 0.4) is 0 Å². The van der Waals surface area contributed by atoms with Crippen molar-refractivity contribution in [3.8, 4) is 28.7 Å². The van der Waals surface area contributed by atoms with Crippen LogP contribution in [-0.4, -0.2) is 65.6 Å². The number of aliphatic carboxylic acids is 1. The highest BCUT2D eigenvalue weighted by Gasteiger charge is 2.41. The molecule has 3 aromatic heterocycles. The Morgan fingerprint density at radius 3 is 2.62 bits per heavy atom. The molecule has 0 aliphatic carbocycles. The van der Waals surface area contributed by atoms with Crippen LogP contribution >= 0.6 is 0 Å². The molecule has 204 valence electrons. The van der Waals surface area contributed by atoms with Gasteiger partial charge in [0.1, 0.15) is 0 Å². The largest absolute Gasteiger partial charge is 0.481 e. The van der Waals surface area contributed by atoms with E-state index in [-0.39, 0.29) is 29.6 Å². The number of hydrogen-bond donors (Lipinski definition) is 2. The van der Waals surface area contributed by atoms with Crippen molar-refractivity contribution in [2.75, 3.05) is 19.6 Å². The van der Waals surface area contributed by atoms with Crippen molar-refractivity contribution in [1.29, 1.82) is 0 Å². The lowest BCUT2D eigenvalue weighted by Gasteiger charge is -2.32. The predicted octanol–water partition coefficient (Wildman–Crippen LogP) is 4.14. The van der Waals surface area contributed by atoms with Gasteiger partial charge in [-0.2, -0.15) is 23.3 Å². The van der Waals surface area contributed by atoms with E-state index in [1.165, 1.54) is 12.3 Å². The molecule has 10 nitrogen and oxygen atoms in total. The van der Waals surface area contributed by atoms with Gasteiger partial charge in [0.15, 0.2) is 11.5 Å². The molecule has 0 amide bonds. The number of carbonyl (C=O) groups is 1. The van der Waals surface area contributed by atoms with Crippen LogP contribution in [0.15, 0.2) is 53.3 Å². The molecule has 1 aliphatic heterocycles. The monoisotopic (exact) mass is 542 g/mol. The molecule has 2 N–H and O–H groups in total. The van der Waals surface area contributed by atoms with Crippen LogP contribution in [0.1, 0.15) is 35.8 Å². The number of halogens is 3.